The number of aromatic nitrogens is 3. The zero-order chi connectivity index (χ0) is 55.7. The molecule has 0 fully saturated rings. The molecule has 420 valence electrons. The number of aryl methyl sites for hydroxylation is 2. The van der Waals surface area contributed by atoms with Gasteiger partial charge in [0.1, 0.15) is 24.1 Å². The number of thiophene rings is 3. The maximum absolute atomic E-state index is 13.9. The minimum atomic E-state index is -0.652. The Balaban J connectivity index is 0.000000220. The Labute approximate surface area is 472 Å². The Morgan fingerprint density at radius 2 is 0.963 bits per heavy atom. The lowest BCUT2D eigenvalue weighted by Crippen LogP contribution is -2.34. The SMILES string of the molecule is C.C=CCOC(=O)NC[C@@H](C(=O)Nc1cc2c(F)cncc2s1)c1ccc(CC)cc1.CC[C@@H](C(=O)Nc1cc2c(F)cncc2s1)c1ccc(CO)cc1.CCc1ccc([C@@H](CN)C(=O)Nc2cc3c(F)cncc3s2)cc1.F. The monoisotopic (exact) mass is 1150 g/mol. The van der Waals surface area contributed by atoms with Gasteiger partial charge in [0.25, 0.3) is 0 Å². The number of rotatable bonds is 18. The Morgan fingerprint density at radius 1 is 0.600 bits per heavy atom. The maximum Gasteiger partial charge on any atom is 0.407 e. The molecule has 0 saturated heterocycles. The van der Waals surface area contributed by atoms with Crippen molar-refractivity contribution in [2.24, 2.45) is 5.73 Å². The number of aliphatic hydroxyl groups excluding tert-OH is 1. The molecular weight excluding hydrogens is 1090 g/mol. The van der Waals surface area contributed by atoms with E-state index in [4.69, 9.17) is 15.6 Å². The fourth-order valence-corrected chi connectivity index (χ4v) is 11.0. The second-order valence-electron chi connectivity index (χ2n) is 17.6. The molecule has 4 amide bonds. The molecule has 9 rings (SSSR count). The van der Waals surface area contributed by atoms with Crippen molar-refractivity contribution in [1.29, 1.82) is 0 Å². The highest BCUT2D eigenvalue weighted by Crippen LogP contribution is 2.35. The summed E-state index contributed by atoms with van der Waals surface area (Å²) in [6, 6.07) is 27.7. The minimum absolute atomic E-state index is 0. The molecule has 9 aromatic rings. The largest absolute Gasteiger partial charge is 0.445 e. The number of fused-ring (bicyclic) bond motifs is 3. The first kappa shape index (κ1) is 62.9. The van der Waals surface area contributed by atoms with Crippen molar-refractivity contribution < 1.29 is 46.9 Å². The van der Waals surface area contributed by atoms with Crippen LogP contribution < -0.4 is 27.0 Å². The predicted octanol–water partition coefficient (Wildman–Crippen LogP) is 13.2. The first-order valence-corrected chi connectivity index (χ1v) is 27.3. The molecule has 3 aromatic carbocycles. The number of alkyl carbamates (subject to hydrolysis) is 1. The van der Waals surface area contributed by atoms with E-state index in [-0.39, 0.29) is 62.1 Å². The topological polar surface area (TPSA) is 211 Å². The Hall–Kier alpha value is -7.95. The molecule has 14 nitrogen and oxygen atoms in total. The summed E-state index contributed by atoms with van der Waals surface area (Å²) >= 11 is 3.83. The normalized spacial score (nSPS) is 11.8. The van der Waals surface area contributed by atoms with Gasteiger partial charge in [-0.15, -0.1) is 34.0 Å². The molecule has 0 aliphatic carbocycles. The summed E-state index contributed by atoms with van der Waals surface area (Å²) < 4.78 is 48.3. The Morgan fingerprint density at radius 3 is 1.31 bits per heavy atom. The van der Waals surface area contributed by atoms with Gasteiger partial charge in [-0.25, -0.2) is 18.0 Å². The number of nitrogens with one attached hydrogen (secondary N) is 4. The molecular formula is C59H62F4N8O6S3. The molecule has 80 heavy (non-hydrogen) atoms. The highest BCUT2D eigenvalue weighted by atomic mass is 32.1. The van der Waals surface area contributed by atoms with E-state index < -0.39 is 35.4 Å². The first-order valence-electron chi connectivity index (χ1n) is 24.9. The van der Waals surface area contributed by atoms with Crippen LogP contribution in [-0.2, 0) is 38.6 Å². The second kappa shape index (κ2) is 30.4. The molecule has 0 saturated carbocycles. The first-order chi connectivity index (χ1) is 37.7. The van der Waals surface area contributed by atoms with Crippen LogP contribution in [0.15, 0.2) is 141 Å². The molecule has 7 N–H and O–H groups in total. The molecule has 6 heterocycles. The molecule has 6 aromatic heterocycles. The van der Waals surface area contributed by atoms with Crippen LogP contribution >= 0.6 is 34.0 Å². The van der Waals surface area contributed by atoms with Gasteiger partial charge in [-0.2, -0.15) is 0 Å². The summed E-state index contributed by atoms with van der Waals surface area (Å²) in [5.41, 5.74) is 11.5. The van der Waals surface area contributed by atoms with E-state index in [0.29, 0.717) is 51.7 Å². The van der Waals surface area contributed by atoms with Crippen LogP contribution in [-0.4, -0.2) is 63.6 Å². The number of carbonyl (C=O) groups excluding carboxylic acids is 4. The van der Waals surface area contributed by atoms with E-state index in [2.05, 4.69) is 49.7 Å². The van der Waals surface area contributed by atoms with Gasteiger partial charge >= 0.3 is 6.09 Å². The van der Waals surface area contributed by atoms with Crippen molar-refractivity contribution in [2.45, 2.75) is 71.8 Å². The summed E-state index contributed by atoms with van der Waals surface area (Å²) in [5.74, 6) is -3.26. The number of nitrogens with zero attached hydrogens (tertiary/aromatic N) is 3. The average Bonchev–Trinajstić information content (AvgIpc) is 4.19. The van der Waals surface area contributed by atoms with Crippen LogP contribution in [0.2, 0.25) is 0 Å². The number of benzene rings is 3. The summed E-state index contributed by atoms with van der Waals surface area (Å²) in [6.07, 6.45) is 11.5. The number of amides is 4. The van der Waals surface area contributed by atoms with Crippen LogP contribution in [0.1, 0.15) is 85.8 Å². The molecule has 0 bridgehead atoms. The highest BCUT2D eigenvalue weighted by molar-refractivity contribution is 7.23. The lowest BCUT2D eigenvalue weighted by molar-refractivity contribution is -0.118. The number of pyridine rings is 3. The number of nitrogens with two attached hydrogens (primary N) is 1. The zero-order valence-electron chi connectivity index (χ0n) is 43.3. The van der Waals surface area contributed by atoms with E-state index in [1.54, 1.807) is 36.8 Å². The van der Waals surface area contributed by atoms with E-state index in [1.165, 1.54) is 51.8 Å². The minimum Gasteiger partial charge on any atom is -0.445 e. The van der Waals surface area contributed by atoms with Crippen molar-refractivity contribution in [3.63, 3.8) is 0 Å². The van der Waals surface area contributed by atoms with E-state index >= 15 is 0 Å². The Kier molecular flexibility index (Phi) is 23.9. The number of hydrogen-bond donors (Lipinski definition) is 6. The quantitative estimate of drug-likeness (QED) is 0.0353. The zero-order valence-corrected chi connectivity index (χ0v) is 45.7. The molecule has 0 radical (unpaired) electrons. The number of carbonyl (C=O) groups is 4. The summed E-state index contributed by atoms with van der Waals surface area (Å²) in [6.45, 7) is 9.88. The fraction of sp³-hybridized carbons (Fsp3) is 0.237. The molecule has 0 unspecified atom stereocenters. The van der Waals surface area contributed by atoms with Gasteiger partial charge in [-0.3, -0.25) is 34.0 Å². The molecule has 0 aliphatic heterocycles. The van der Waals surface area contributed by atoms with Gasteiger partial charge < -0.3 is 36.8 Å². The van der Waals surface area contributed by atoms with Gasteiger partial charge in [0.05, 0.1) is 72.1 Å². The van der Waals surface area contributed by atoms with Gasteiger partial charge in [-0.1, -0.05) is 114 Å². The van der Waals surface area contributed by atoms with E-state index in [1.807, 2.05) is 86.6 Å². The maximum atomic E-state index is 13.9. The highest BCUT2D eigenvalue weighted by Gasteiger charge is 2.25. The van der Waals surface area contributed by atoms with Crippen LogP contribution in [0, 0.1) is 17.5 Å². The number of ether oxygens (including phenoxy) is 1. The van der Waals surface area contributed by atoms with Crippen LogP contribution in [0.25, 0.3) is 30.3 Å². The van der Waals surface area contributed by atoms with Crippen molar-refractivity contribution in [1.82, 2.24) is 20.3 Å². The van der Waals surface area contributed by atoms with Crippen LogP contribution in [0.4, 0.5) is 37.7 Å². The van der Waals surface area contributed by atoms with E-state index in [0.717, 1.165) is 53.1 Å². The lowest BCUT2D eigenvalue weighted by Gasteiger charge is -2.18. The van der Waals surface area contributed by atoms with Gasteiger partial charge in [0.2, 0.25) is 17.7 Å². The summed E-state index contributed by atoms with van der Waals surface area (Å²) in [4.78, 5) is 61.5. The number of halogens is 4. The predicted molar refractivity (Wildman–Crippen MR) is 315 cm³/mol. The van der Waals surface area contributed by atoms with Crippen molar-refractivity contribution in [3.8, 4) is 0 Å². The fourth-order valence-electron chi connectivity index (χ4n) is 8.12. The lowest BCUT2D eigenvalue weighted by atomic mass is 9.95. The van der Waals surface area contributed by atoms with Gasteiger partial charge in [0.15, 0.2) is 0 Å². The van der Waals surface area contributed by atoms with Crippen molar-refractivity contribution in [3.05, 3.63) is 192 Å². The molecule has 21 heteroatoms. The van der Waals surface area contributed by atoms with Crippen LogP contribution in [0.5, 0.6) is 0 Å². The third kappa shape index (κ3) is 16.3. The van der Waals surface area contributed by atoms with Crippen molar-refractivity contribution in [2.75, 3.05) is 35.6 Å². The third-order valence-corrected chi connectivity index (χ3v) is 15.4. The third-order valence-electron chi connectivity index (χ3n) is 12.5. The Bertz CT molecular complexity index is 3360. The number of anilines is 3. The second-order valence-corrected chi connectivity index (χ2v) is 20.8. The molecule has 0 spiro atoms. The molecule has 0 aliphatic rings. The number of hydrogen-bond acceptors (Lipinski definition) is 13. The van der Waals surface area contributed by atoms with Gasteiger partial charge in [0, 0.05) is 47.8 Å². The molecule has 3 atom stereocenters. The smallest absolute Gasteiger partial charge is 0.407 e. The van der Waals surface area contributed by atoms with Crippen LogP contribution in [0.3, 0.4) is 0 Å². The van der Waals surface area contributed by atoms with Gasteiger partial charge in [-0.05, 0) is 70.8 Å². The summed E-state index contributed by atoms with van der Waals surface area (Å²) in [5, 5.41) is 23.3. The average molecular weight is 1150 g/mol. The summed E-state index contributed by atoms with van der Waals surface area (Å²) in [7, 11) is 0. The standard InChI is InChI=1S/C22H22FN3O3S.C18H18FN3OS.C18H17FN2O2S.CH4.FH/c1-3-9-29-22(28)25-11-17(15-7-5-14(4-2)6-8-15)21(27)26-20-10-16-18(23)12-24-13-19(16)30-20;1-2-11-3-5-12(6-4-11)14(8-20)18(23)22-17-7-13-15(19)9-21-10-16(13)24-17;1-2-13(12-5-3-11(10-22)4-6-12)18(23)21-17-7-14-15(19)8-20-9-16(14)24-17;;/h3,5-8,10,12-13,17H,1,4,9,11H2,2H3,(H,25,28)(H,26,27);3-7,9-10,14H,2,8,20H2,1H3,(H,22,23);3-9,13,22H,2,10H2,1H3,(H,21,23);1H4;1H/t17-;14-;13-;;/m111../s1. The van der Waals surface area contributed by atoms with E-state index in [9.17, 15) is 32.3 Å². The number of aliphatic hydroxyl groups is 1. The van der Waals surface area contributed by atoms with Crippen molar-refractivity contribution >= 4 is 103 Å².